The predicted molar refractivity (Wildman–Crippen MR) is 48.7 cm³/mol. The van der Waals surface area contributed by atoms with Gasteiger partial charge in [0, 0.05) is 6.07 Å². The van der Waals surface area contributed by atoms with Crippen molar-refractivity contribution in [3.8, 4) is 0 Å². The summed E-state index contributed by atoms with van der Waals surface area (Å²) < 4.78 is 0. The van der Waals surface area contributed by atoms with Crippen LogP contribution in [0, 0.1) is 10.1 Å². The highest BCUT2D eigenvalue weighted by Crippen LogP contribution is 2.27. The van der Waals surface area contributed by atoms with E-state index in [1.807, 2.05) is 0 Å². The van der Waals surface area contributed by atoms with Crippen molar-refractivity contribution in [2.75, 3.05) is 0 Å². The first kappa shape index (κ1) is 9.95. The Morgan fingerprint density at radius 3 is 2.69 bits per heavy atom. The van der Waals surface area contributed by atoms with Crippen molar-refractivity contribution in [1.82, 2.24) is 0 Å². The smallest absolute Gasteiger partial charge is 0.288 e. The molecular weight excluding hydrogens is 194 g/mol. The van der Waals surface area contributed by atoms with Crippen molar-refractivity contribution in [2.45, 2.75) is 13.0 Å². The van der Waals surface area contributed by atoms with Gasteiger partial charge in [0.05, 0.1) is 11.0 Å². The van der Waals surface area contributed by atoms with Crippen molar-refractivity contribution in [3.63, 3.8) is 0 Å². The molecule has 0 amide bonds. The van der Waals surface area contributed by atoms with Crippen LogP contribution in [0.1, 0.15) is 18.6 Å². The van der Waals surface area contributed by atoms with Gasteiger partial charge in [0.1, 0.15) is 5.02 Å². The molecule has 1 unspecified atom stereocenters. The third-order valence-electron chi connectivity index (χ3n) is 1.65. The predicted octanol–water partition coefficient (Wildman–Crippen LogP) is 2.30. The van der Waals surface area contributed by atoms with Crippen LogP contribution >= 0.6 is 11.6 Å². The number of benzene rings is 1. The second-order valence-corrected chi connectivity index (χ2v) is 3.05. The molecule has 0 heterocycles. The maximum atomic E-state index is 10.4. The molecule has 0 aliphatic rings. The zero-order valence-corrected chi connectivity index (χ0v) is 7.65. The Morgan fingerprint density at radius 2 is 2.23 bits per heavy atom. The van der Waals surface area contributed by atoms with E-state index in [-0.39, 0.29) is 10.7 Å². The van der Waals surface area contributed by atoms with E-state index in [0.29, 0.717) is 5.56 Å². The minimum absolute atomic E-state index is 0.0781. The first-order valence-corrected chi connectivity index (χ1v) is 4.02. The van der Waals surface area contributed by atoms with Crippen LogP contribution in [0.25, 0.3) is 0 Å². The number of rotatable bonds is 2. The summed E-state index contributed by atoms with van der Waals surface area (Å²) in [5, 5.41) is 19.7. The number of aliphatic hydroxyl groups is 1. The molecule has 70 valence electrons. The summed E-state index contributed by atoms with van der Waals surface area (Å²) in [7, 11) is 0. The minimum atomic E-state index is -0.726. The van der Waals surface area contributed by atoms with Gasteiger partial charge in [-0.1, -0.05) is 17.7 Å². The third kappa shape index (κ3) is 2.17. The first-order valence-electron chi connectivity index (χ1n) is 3.64. The van der Waals surface area contributed by atoms with E-state index in [9.17, 15) is 10.1 Å². The average Bonchev–Trinajstić information content (AvgIpc) is 2.04. The van der Waals surface area contributed by atoms with Gasteiger partial charge in [-0.3, -0.25) is 10.1 Å². The Hall–Kier alpha value is -1.13. The largest absolute Gasteiger partial charge is 0.389 e. The van der Waals surface area contributed by atoms with Crippen molar-refractivity contribution in [2.24, 2.45) is 0 Å². The Labute approximate surface area is 79.9 Å². The lowest BCUT2D eigenvalue weighted by atomic mass is 10.1. The van der Waals surface area contributed by atoms with Crippen LogP contribution in [0.15, 0.2) is 18.2 Å². The Bertz CT molecular complexity index is 338. The Morgan fingerprint density at radius 1 is 1.62 bits per heavy atom. The summed E-state index contributed by atoms with van der Waals surface area (Å²) in [6, 6.07) is 4.23. The van der Waals surface area contributed by atoms with E-state index in [4.69, 9.17) is 16.7 Å². The van der Waals surface area contributed by atoms with Crippen LogP contribution in [-0.2, 0) is 0 Å². The van der Waals surface area contributed by atoms with Gasteiger partial charge in [-0.2, -0.15) is 0 Å². The fourth-order valence-electron chi connectivity index (χ4n) is 0.929. The molecular formula is C8H8ClNO3. The molecule has 0 saturated carbocycles. The Kier molecular flexibility index (Phi) is 2.85. The number of aliphatic hydroxyl groups excluding tert-OH is 1. The number of nitro benzene ring substituents is 1. The van der Waals surface area contributed by atoms with Gasteiger partial charge in [-0.15, -0.1) is 0 Å². The van der Waals surface area contributed by atoms with E-state index in [0.717, 1.165) is 0 Å². The van der Waals surface area contributed by atoms with Crippen molar-refractivity contribution in [1.29, 1.82) is 0 Å². The lowest BCUT2D eigenvalue weighted by molar-refractivity contribution is -0.384. The highest BCUT2D eigenvalue weighted by Gasteiger charge is 2.14. The molecule has 0 bridgehead atoms. The second-order valence-electron chi connectivity index (χ2n) is 2.64. The van der Waals surface area contributed by atoms with Crippen LogP contribution in [0.2, 0.25) is 5.02 Å². The molecule has 1 aromatic rings. The van der Waals surface area contributed by atoms with Gasteiger partial charge < -0.3 is 5.11 Å². The molecule has 1 aromatic carbocycles. The number of halogens is 1. The molecule has 0 spiro atoms. The fraction of sp³-hybridized carbons (Fsp3) is 0.250. The molecule has 1 N–H and O–H groups in total. The molecule has 0 aliphatic heterocycles. The third-order valence-corrected chi connectivity index (χ3v) is 1.97. The molecule has 5 heteroatoms. The molecule has 1 atom stereocenters. The normalized spacial score (nSPS) is 12.5. The molecule has 1 rings (SSSR count). The summed E-state index contributed by atoms with van der Waals surface area (Å²) >= 11 is 5.57. The number of hydrogen-bond acceptors (Lipinski definition) is 3. The summed E-state index contributed by atoms with van der Waals surface area (Å²) in [5.74, 6) is 0. The van der Waals surface area contributed by atoms with E-state index in [1.54, 1.807) is 6.07 Å². The van der Waals surface area contributed by atoms with Crippen LogP contribution in [0.4, 0.5) is 5.69 Å². The van der Waals surface area contributed by atoms with Crippen LogP contribution in [0.5, 0.6) is 0 Å². The van der Waals surface area contributed by atoms with Crippen LogP contribution in [-0.4, -0.2) is 10.0 Å². The minimum Gasteiger partial charge on any atom is -0.389 e. The lowest BCUT2D eigenvalue weighted by Gasteiger charge is -2.03. The zero-order valence-electron chi connectivity index (χ0n) is 6.90. The first-order chi connectivity index (χ1) is 6.02. The maximum Gasteiger partial charge on any atom is 0.288 e. The summed E-state index contributed by atoms with van der Waals surface area (Å²) in [6.07, 6.45) is -0.726. The van der Waals surface area contributed by atoms with Crippen molar-refractivity contribution < 1.29 is 10.0 Å². The molecule has 0 radical (unpaired) electrons. The quantitative estimate of drug-likeness (QED) is 0.590. The Balaban J connectivity index is 3.19. The lowest BCUT2D eigenvalue weighted by Crippen LogP contribution is -1.94. The zero-order chi connectivity index (χ0) is 10.0. The number of hydrogen-bond donors (Lipinski definition) is 1. The second kappa shape index (κ2) is 3.72. The van der Waals surface area contributed by atoms with Gasteiger partial charge in [0.15, 0.2) is 0 Å². The van der Waals surface area contributed by atoms with Gasteiger partial charge >= 0.3 is 0 Å². The van der Waals surface area contributed by atoms with Crippen LogP contribution < -0.4 is 0 Å². The fourth-order valence-corrected chi connectivity index (χ4v) is 1.12. The van der Waals surface area contributed by atoms with Crippen molar-refractivity contribution >= 4 is 17.3 Å². The van der Waals surface area contributed by atoms with E-state index >= 15 is 0 Å². The molecule has 0 saturated heterocycles. The highest BCUT2D eigenvalue weighted by molar-refractivity contribution is 6.32. The number of nitro groups is 1. The van der Waals surface area contributed by atoms with E-state index < -0.39 is 11.0 Å². The van der Waals surface area contributed by atoms with Crippen LogP contribution in [0.3, 0.4) is 0 Å². The molecule has 0 aliphatic carbocycles. The van der Waals surface area contributed by atoms with E-state index in [1.165, 1.54) is 19.1 Å². The number of nitrogens with zero attached hydrogens (tertiary/aromatic N) is 1. The molecule has 13 heavy (non-hydrogen) atoms. The standard InChI is InChI=1S/C8H8ClNO3/c1-5(11)6-2-3-7(9)8(4-6)10(12)13/h2-5,11H,1H3. The van der Waals surface area contributed by atoms with Gasteiger partial charge in [0.2, 0.25) is 0 Å². The van der Waals surface area contributed by atoms with Gasteiger partial charge in [0.25, 0.3) is 5.69 Å². The monoisotopic (exact) mass is 201 g/mol. The highest BCUT2D eigenvalue weighted by atomic mass is 35.5. The SMILES string of the molecule is CC(O)c1ccc(Cl)c([N+](=O)[O-])c1. The maximum absolute atomic E-state index is 10.4. The van der Waals surface area contributed by atoms with E-state index in [2.05, 4.69) is 0 Å². The average molecular weight is 202 g/mol. The molecule has 4 nitrogen and oxygen atoms in total. The van der Waals surface area contributed by atoms with Gasteiger partial charge in [-0.25, -0.2) is 0 Å². The van der Waals surface area contributed by atoms with Crippen molar-refractivity contribution in [3.05, 3.63) is 38.9 Å². The van der Waals surface area contributed by atoms with Gasteiger partial charge in [-0.05, 0) is 18.6 Å². The summed E-state index contributed by atoms with van der Waals surface area (Å²) in [5.41, 5.74) is 0.302. The topological polar surface area (TPSA) is 63.4 Å². The summed E-state index contributed by atoms with van der Waals surface area (Å²) in [4.78, 5) is 9.86. The molecule has 0 fully saturated rings. The summed E-state index contributed by atoms with van der Waals surface area (Å²) in [6.45, 7) is 1.53. The molecule has 0 aromatic heterocycles.